The summed E-state index contributed by atoms with van der Waals surface area (Å²) in [4.78, 5) is 4.72. The summed E-state index contributed by atoms with van der Waals surface area (Å²) >= 11 is 0. The first-order valence-electron chi connectivity index (χ1n) is 5.43. The number of hydrogen-bond acceptors (Lipinski definition) is 3. The van der Waals surface area contributed by atoms with Crippen molar-refractivity contribution in [2.75, 3.05) is 13.1 Å². The molecule has 14 heavy (non-hydrogen) atoms. The van der Waals surface area contributed by atoms with E-state index in [0.29, 0.717) is 0 Å². The molecule has 2 N–H and O–H groups in total. The highest BCUT2D eigenvalue weighted by Crippen LogP contribution is 2.26. The van der Waals surface area contributed by atoms with Gasteiger partial charge in [0.2, 0.25) is 0 Å². The van der Waals surface area contributed by atoms with Crippen LogP contribution in [0.3, 0.4) is 0 Å². The van der Waals surface area contributed by atoms with Gasteiger partial charge in [0.05, 0.1) is 0 Å². The Morgan fingerprint density at radius 1 is 0.857 bits per heavy atom. The number of nitrogens with zero attached hydrogens (tertiary/aromatic N) is 2. The average molecular weight is 199 g/mol. The Bertz CT molecular complexity index is 178. The van der Waals surface area contributed by atoms with E-state index < -0.39 is 0 Å². The molecule has 0 amide bonds. The Balaban J connectivity index is 2.75. The first-order chi connectivity index (χ1) is 6.14. The maximum Gasteiger partial charge on any atom is 0.115 e. The van der Waals surface area contributed by atoms with Gasteiger partial charge in [-0.3, -0.25) is 9.80 Å². The van der Waals surface area contributed by atoms with Crippen molar-refractivity contribution >= 4 is 0 Å². The highest BCUT2D eigenvalue weighted by molar-refractivity contribution is 4.91. The second-order valence-electron chi connectivity index (χ2n) is 6.14. The van der Waals surface area contributed by atoms with E-state index in [9.17, 15) is 0 Å². The van der Waals surface area contributed by atoms with Gasteiger partial charge >= 0.3 is 0 Å². The molecule has 1 aliphatic rings. The van der Waals surface area contributed by atoms with E-state index in [0.717, 1.165) is 13.1 Å². The van der Waals surface area contributed by atoms with E-state index in [1.165, 1.54) is 0 Å². The highest BCUT2D eigenvalue weighted by atomic mass is 15.5. The van der Waals surface area contributed by atoms with E-state index in [-0.39, 0.29) is 17.4 Å². The van der Waals surface area contributed by atoms with Gasteiger partial charge < -0.3 is 5.73 Å². The summed E-state index contributed by atoms with van der Waals surface area (Å²) in [5.74, 6) is 0. The zero-order chi connectivity index (χ0) is 11.1. The van der Waals surface area contributed by atoms with Crippen LogP contribution in [0.25, 0.3) is 0 Å². The predicted octanol–water partition coefficient (Wildman–Crippen LogP) is 1.44. The van der Waals surface area contributed by atoms with E-state index >= 15 is 0 Å². The third-order valence-corrected chi connectivity index (χ3v) is 2.94. The Morgan fingerprint density at radius 2 is 1.14 bits per heavy atom. The third kappa shape index (κ3) is 2.27. The van der Waals surface area contributed by atoms with Crippen molar-refractivity contribution in [1.29, 1.82) is 0 Å². The monoisotopic (exact) mass is 199 g/mol. The van der Waals surface area contributed by atoms with E-state index in [4.69, 9.17) is 5.73 Å². The van der Waals surface area contributed by atoms with Crippen molar-refractivity contribution in [3.05, 3.63) is 0 Å². The van der Waals surface area contributed by atoms with Crippen molar-refractivity contribution in [1.82, 2.24) is 9.80 Å². The Labute approximate surface area is 88.2 Å². The Kier molecular flexibility index (Phi) is 2.96. The first-order valence-corrected chi connectivity index (χ1v) is 5.43. The molecular formula is C11H25N3. The van der Waals surface area contributed by atoms with Gasteiger partial charge in [-0.25, -0.2) is 0 Å². The first kappa shape index (κ1) is 12.0. The third-order valence-electron chi connectivity index (χ3n) is 2.94. The molecule has 0 radical (unpaired) electrons. The van der Waals surface area contributed by atoms with Crippen LogP contribution in [0, 0.1) is 0 Å². The zero-order valence-corrected chi connectivity index (χ0v) is 10.5. The van der Waals surface area contributed by atoms with Gasteiger partial charge in [-0.15, -0.1) is 0 Å². The van der Waals surface area contributed by atoms with Crippen molar-refractivity contribution in [3.8, 4) is 0 Å². The van der Waals surface area contributed by atoms with Crippen LogP contribution in [0.5, 0.6) is 0 Å². The fourth-order valence-corrected chi connectivity index (χ4v) is 2.11. The summed E-state index contributed by atoms with van der Waals surface area (Å²) < 4.78 is 0. The average Bonchev–Trinajstić information content (AvgIpc) is 2.26. The molecule has 1 aliphatic heterocycles. The molecule has 0 bridgehead atoms. The molecule has 84 valence electrons. The standard InChI is InChI=1S/C11H25N3/c1-10(2,3)13-7-8-14(9(13)12)11(4,5)6/h9H,7-8,12H2,1-6H3. The lowest BCUT2D eigenvalue weighted by atomic mass is 10.1. The van der Waals surface area contributed by atoms with Gasteiger partial charge in [0, 0.05) is 24.2 Å². The highest BCUT2D eigenvalue weighted by Gasteiger charge is 2.40. The topological polar surface area (TPSA) is 32.5 Å². The summed E-state index contributed by atoms with van der Waals surface area (Å²) in [7, 11) is 0. The van der Waals surface area contributed by atoms with E-state index in [1.54, 1.807) is 0 Å². The molecule has 0 aliphatic carbocycles. The van der Waals surface area contributed by atoms with Crippen molar-refractivity contribution in [3.63, 3.8) is 0 Å². The second kappa shape index (κ2) is 3.47. The van der Waals surface area contributed by atoms with E-state index in [2.05, 4.69) is 51.3 Å². The normalized spacial score (nSPS) is 23.4. The molecule has 3 heteroatoms. The largest absolute Gasteiger partial charge is 0.303 e. The quantitative estimate of drug-likeness (QED) is 0.641. The zero-order valence-electron chi connectivity index (χ0n) is 10.5. The van der Waals surface area contributed by atoms with Crippen LogP contribution in [0.1, 0.15) is 41.5 Å². The molecule has 0 aromatic carbocycles. The smallest absolute Gasteiger partial charge is 0.115 e. The van der Waals surface area contributed by atoms with Gasteiger partial charge in [0.1, 0.15) is 6.29 Å². The lowest BCUT2D eigenvalue weighted by Crippen LogP contribution is -2.57. The van der Waals surface area contributed by atoms with Crippen LogP contribution in [0.4, 0.5) is 0 Å². The summed E-state index contributed by atoms with van der Waals surface area (Å²) in [5, 5.41) is 0. The van der Waals surface area contributed by atoms with Gasteiger partial charge in [-0.05, 0) is 41.5 Å². The molecule has 0 aromatic rings. The van der Waals surface area contributed by atoms with Gasteiger partial charge in [0.15, 0.2) is 0 Å². The molecule has 1 saturated heterocycles. The minimum Gasteiger partial charge on any atom is -0.303 e. The van der Waals surface area contributed by atoms with Gasteiger partial charge in [-0.2, -0.15) is 0 Å². The lowest BCUT2D eigenvalue weighted by molar-refractivity contribution is 0.0228. The molecule has 1 rings (SSSR count). The van der Waals surface area contributed by atoms with Crippen LogP contribution in [0.15, 0.2) is 0 Å². The van der Waals surface area contributed by atoms with Crippen LogP contribution >= 0.6 is 0 Å². The number of rotatable bonds is 0. The molecule has 1 fully saturated rings. The molecule has 0 saturated carbocycles. The van der Waals surface area contributed by atoms with Crippen LogP contribution in [0.2, 0.25) is 0 Å². The van der Waals surface area contributed by atoms with Gasteiger partial charge in [-0.1, -0.05) is 0 Å². The van der Waals surface area contributed by atoms with Crippen molar-refractivity contribution in [2.45, 2.75) is 58.9 Å². The maximum absolute atomic E-state index is 6.25. The van der Waals surface area contributed by atoms with Gasteiger partial charge in [0.25, 0.3) is 0 Å². The van der Waals surface area contributed by atoms with Crippen LogP contribution < -0.4 is 5.73 Å². The second-order valence-corrected chi connectivity index (χ2v) is 6.14. The molecule has 0 atom stereocenters. The molecule has 0 aromatic heterocycles. The Hall–Kier alpha value is -0.120. The minimum absolute atomic E-state index is 0.0648. The van der Waals surface area contributed by atoms with Crippen molar-refractivity contribution in [2.24, 2.45) is 5.73 Å². The SMILES string of the molecule is CC(C)(C)N1CCN(C(C)(C)C)C1N. The summed E-state index contributed by atoms with van der Waals surface area (Å²) in [6.07, 6.45) is 0.0648. The molecule has 0 unspecified atom stereocenters. The maximum atomic E-state index is 6.25. The van der Waals surface area contributed by atoms with Crippen molar-refractivity contribution < 1.29 is 0 Å². The summed E-state index contributed by atoms with van der Waals surface area (Å²) in [6, 6.07) is 0. The summed E-state index contributed by atoms with van der Waals surface area (Å²) in [5.41, 5.74) is 6.58. The Morgan fingerprint density at radius 3 is 1.29 bits per heavy atom. The molecular weight excluding hydrogens is 174 g/mol. The fraction of sp³-hybridized carbons (Fsp3) is 1.00. The van der Waals surface area contributed by atoms with Crippen LogP contribution in [-0.4, -0.2) is 40.3 Å². The predicted molar refractivity (Wildman–Crippen MR) is 60.9 cm³/mol. The fourth-order valence-electron chi connectivity index (χ4n) is 2.11. The van der Waals surface area contributed by atoms with E-state index in [1.807, 2.05) is 0 Å². The lowest BCUT2D eigenvalue weighted by Gasteiger charge is -2.41. The molecule has 0 spiro atoms. The van der Waals surface area contributed by atoms with Crippen LogP contribution in [-0.2, 0) is 0 Å². The summed E-state index contributed by atoms with van der Waals surface area (Å²) in [6.45, 7) is 15.5. The number of hydrogen-bond donors (Lipinski definition) is 1. The molecule has 3 nitrogen and oxygen atoms in total. The molecule has 1 heterocycles. The number of nitrogens with two attached hydrogens (primary N) is 1. The minimum atomic E-state index is 0.0648.